The number of hydrogen-bond donors (Lipinski definition) is 0. The van der Waals surface area contributed by atoms with Crippen LogP contribution in [-0.2, 0) is 21.2 Å². The van der Waals surface area contributed by atoms with Gasteiger partial charge in [-0.05, 0) is 36.2 Å². The Labute approximate surface area is 168 Å². The van der Waals surface area contributed by atoms with Crippen LogP contribution in [-0.4, -0.2) is 38.3 Å². The number of nitrogens with zero attached hydrogens (tertiary/aromatic N) is 2. The number of aryl methyl sites for hydroxylation is 1. The molecule has 150 valence electrons. The smallest absolute Gasteiger partial charge is 0.243 e. The van der Waals surface area contributed by atoms with Gasteiger partial charge in [0, 0.05) is 31.7 Å². The van der Waals surface area contributed by atoms with E-state index in [1.807, 2.05) is 44.2 Å². The van der Waals surface area contributed by atoms with E-state index >= 15 is 0 Å². The van der Waals surface area contributed by atoms with Crippen LogP contribution in [0.2, 0.25) is 0 Å². The summed E-state index contributed by atoms with van der Waals surface area (Å²) in [5.41, 5.74) is 1.77. The number of amides is 1. The predicted molar refractivity (Wildman–Crippen MR) is 114 cm³/mol. The van der Waals surface area contributed by atoms with Crippen LogP contribution >= 0.6 is 0 Å². The van der Waals surface area contributed by atoms with Crippen LogP contribution in [0, 0.1) is 0 Å². The summed E-state index contributed by atoms with van der Waals surface area (Å²) >= 11 is 0. The van der Waals surface area contributed by atoms with E-state index < -0.39 is 10.0 Å². The Kier molecular flexibility index (Phi) is 7.96. The molecule has 0 unspecified atom stereocenters. The number of rotatable bonds is 10. The minimum absolute atomic E-state index is 0.00550. The second kappa shape index (κ2) is 10.2. The predicted octanol–water partition coefficient (Wildman–Crippen LogP) is 3.87. The number of anilines is 1. The SMILES string of the molecule is C=CCN(C(=O)CCc1ccc(S(=O)(=O)N(CC)CC)cc1)c1ccccc1. The standard InChI is InChI=1S/C22H28N2O3S/c1-4-18-24(20-10-8-7-9-11-20)22(25)17-14-19-12-15-21(16-13-19)28(26,27)23(5-2)6-3/h4,7-13,15-16H,1,5-6,14,17-18H2,2-3H3. The molecule has 0 atom stereocenters. The topological polar surface area (TPSA) is 57.7 Å². The van der Waals surface area contributed by atoms with Crippen LogP contribution < -0.4 is 4.90 Å². The Morgan fingerprint density at radius 2 is 1.61 bits per heavy atom. The lowest BCUT2D eigenvalue weighted by Crippen LogP contribution is -2.31. The molecule has 2 rings (SSSR count). The van der Waals surface area contributed by atoms with Crippen molar-refractivity contribution in [2.75, 3.05) is 24.5 Å². The molecular formula is C22H28N2O3S. The van der Waals surface area contributed by atoms with Gasteiger partial charge in [-0.15, -0.1) is 6.58 Å². The second-order valence-corrected chi connectivity index (χ2v) is 8.30. The molecule has 0 radical (unpaired) electrons. The summed E-state index contributed by atoms with van der Waals surface area (Å²) in [6.45, 7) is 8.70. The Bertz CT molecular complexity index is 874. The van der Waals surface area contributed by atoms with Gasteiger partial charge in [0.05, 0.1) is 4.90 Å². The summed E-state index contributed by atoms with van der Waals surface area (Å²) in [5.74, 6) is 0.00550. The van der Waals surface area contributed by atoms with E-state index in [0.717, 1.165) is 11.3 Å². The van der Waals surface area contributed by atoms with Gasteiger partial charge in [-0.25, -0.2) is 8.42 Å². The molecule has 0 fully saturated rings. The highest BCUT2D eigenvalue weighted by molar-refractivity contribution is 7.89. The first-order valence-electron chi connectivity index (χ1n) is 9.49. The van der Waals surface area contributed by atoms with Crippen LogP contribution in [0.3, 0.4) is 0 Å². The lowest BCUT2D eigenvalue weighted by Gasteiger charge is -2.21. The molecule has 28 heavy (non-hydrogen) atoms. The van der Waals surface area contributed by atoms with Crippen molar-refractivity contribution in [1.82, 2.24) is 4.31 Å². The maximum Gasteiger partial charge on any atom is 0.243 e. The Hall–Kier alpha value is -2.44. The highest BCUT2D eigenvalue weighted by atomic mass is 32.2. The van der Waals surface area contributed by atoms with Crippen molar-refractivity contribution in [2.24, 2.45) is 0 Å². The van der Waals surface area contributed by atoms with E-state index in [1.54, 1.807) is 35.2 Å². The van der Waals surface area contributed by atoms with Gasteiger partial charge in [0.2, 0.25) is 15.9 Å². The highest BCUT2D eigenvalue weighted by Crippen LogP contribution is 2.18. The zero-order valence-corrected chi connectivity index (χ0v) is 17.4. The van der Waals surface area contributed by atoms with Crippen LogP contribution in [0.4, 0.5) is 5.69 Å². The zero-order valence-electron chi connectivity index (χ0n) is 16.5. The highest BCUT2D eigenvalue weighted by Gasteiger charge is 2.21. The normalized spacial score (nSPS) is 11.4. The van der Waals surface area contributed by atoms with Gasteiger partial charge in [-0.3, -0.25) is 4.79 Å². The summed E-state index contributed by atoms with van der Waals surface area (Å²) in [6, 6.07) is 16.3. The minimum Gasteiger partial charge on any atom is -0.309 e. The van der Waals surface area contributed by atoms with Crippen molar-refractivity contribution in [2.45, 2.75) is 31.6 Å². The summed E-state index contributed by atoms with van der Waals surface area (Å²) in [6.07, 6.45) is 2.59. The van der Waals surface area contributed by atoms with E-state index in [9.17, 15) is 13.2 Å². The fourth-order valence-corrected chi connectivity index (χ4v) is 4.47. The first kappa shape index (κ1) is 21.9. The molecule has 0 saturated heterocycles. The van der Waals surface area contributed by atoms with Gasteiger partial charge in [0.25, 0.3) is 0 Å². The molecule has 2 aromatic rings. The lowest BCUT2D eigenvalue weighted by atomic mass is 10.1. The fourth-order valence-electron chi connectivity index (χ4n) is 3.02. The summed E-state index contributed by atoms with van der Waals surface area (Å²) < 4.78 is 26.5. The zero-order chi connectivity index (χ0) is 20.6. The third kappa shape index (κ3) is 5.30. The maximum absolute atomic E-state index is 12.7. The Morgan fingerprint density at radius 3 is 2.14 bits per heavy atom. The van der Waals surface area contributed by atoms with Crippen molar-refractivity contribution in [3.63, 3.8) is 0 Å². The molecular weight excluding hydrogens is 372 g/mol. The molecule has 6 heteroatoms. The number of benzene rings is 2. The molecule has 0 aromatic heterocycles. The molecule has 0 bridgehead atoms. The average Bonchev–Trinajstić information content (AvgIpc) is 2.72. The number of carbonyl (C=O) groups is 1. The molecule has 1 amide bonds. The lowest BCUT2D eigenvalue weighted by molar-refractivity contribution is -0.118. The van der Waals surface area contributed by atoms with Crippen molar-refractivity contribution < 1.29 is 13.2 Å². The van der Waals surface area contributed by atoms with Gasteiger partial charge < -0.3 is 4.90 Å². The number of para-hydroxylation sites is 1. The van der Waals surface area contributed by atoms with Crippen molar-refractivity contribution in [3.05, 3.63) is 72.8 Å². The molecule has 0 aliphatic rings. The van der Waals surface area contributed by atoms with E-state index in [2.05, 4.69) is 6.58 Å². The first-order valence-corrected chi connectivity index (χ1v) is 10.9. The van der Waals surface area contributed by atoms with E-state index in [1.165, 1.54) is 4.31 Å². The average molecular weight is 401 g/mol. The molecule has 0 aliphatic carbocycles. The third-order valence-electron chi connectivity index (χ3n) is 4.57. The number of hydrogen-bond acceptors (Lipinski definition) is 3. The Balaban J connectivity index is 2.06. The number of sulfonamides is 1. The Morgan fingerprint density at radius 1 is 1.00 bits per heavy atom. The van der Waals surface area contributed by atoms with Crippen molar-refractivity contribution in [1.29, 1.82) is 0 Å². The monoisotopic (exact) mass is 400 g/mol. The summed E-state index contributed by atoms with van der Waals surface area (Å²) in [7, 11) is -3.46. The summed E-state index contributed by atoms with van der Waals surface area (Å²) in [5, 5.41) is 0. The molecule has 0 spiro atoms. The van der Waals surface area contributed by atoms with Gasteiger partial charge in [-0.1, -0.05) is 50.3 Å². The minimum atomic E-state index is -3.46. The maximum atomic E-state index is 12.7. The van der Waals surface area contributed by atoms with Gasteiger partial charge in [-0.2, -0.15) is 4.31 Å². The summed E-state index contributed by atoms with van der Waals surface area (Å²) in [4.78, 5) is 14.7. The second-order valence-electron chi connectivity index (χ2n) is 6.36. The van der Waals surface area contributed by atoms with Gasteiger partial charge >= 0.3 is 0 Å². The molecule has 0 aliphatic heterocycles. The van der Waals surface area contributed by atoms with E-state index in [-0.39, 0.29) is 10.8 Å². The largest absolute Gasteiger partial charge is 0.309 e. The van der Waals surface area contributed by atoms with E-state index in [0.29, 0.717) is 32.5 Å². The van der Waals surface area contributed by atoms with Crippen molar-refractivity contribution in [3.8, 4) is 0 Å². The molecule has 0 saturated carbocycles. The van der Waals surface area contributed by atoms with Crippen LogP contribution in [0.25, 0.3) is 0 Å². The van der Waals surface area contributed by atoms with Crippen LogP contribution in [0.1, 0.15) is 25.8 Å². The number of carbonyl (C=O) groups excluding carboxylic acids is 1. The van der Waals surface area contributed by atoms with Gasteiger partial charge in [0.1, 0.15) is 0 Å². The first-order chi connectivity index (χ1) is 13.4. The molecule has 0 N–H and O–H groups in total. The van der Waals surface area contributed by atoms with Gasteiger partial charge in [0.15, 0.2) is 0 Å². The third-order valence-corrected chi connectivity index (χ3v) is 6.64. The molecule has 2 aromatic carbocycles. The van der Waals surface area contributed by atoms with Crippen LogP contribution in [0.15, 0.2) is 72.1 Å². The molecule has 0 heterocycles. The fraction of sp³-hybridized carbons (Fsp3) is 0.318. The molecule has 5 nitrogen and oxygen atoms in total. The van der Waals surface area contributed by atoms with E-state index in [4.69, 9.17) is 0 Å². The van der Waals surface area contributed by atoms with Crippen molar-refractivity contribution >= 4 is 21.6 Å². The van der Waals surface area contributed by atoms with Crippen LogP contribution in [0.5, 0.6) is 0 Å². The quantitative estimate of drug-likeness (QED) is 0.569.